The number of ketones is 1. The van der Waals surface area contributed by atoms with E-state index in [1.165, 1.54) is 29.8 Å². The number of alkyl halides is 3. The van der Waals surface area contributed by atoms with E-state index in [-0.39, 0.29) is 30.7 Å². The quantitative estimate of drug-likeness (QED) is 0.221. The van der Waals surface area contributed by atoms with Crippen LogP contribution in [-0.4, -0.2) is 72.9 Å². The van der Waals surface area contributed by atoms with Crippen LogP contribution in [0.4, 0.5) is 39.8 Å². The van der Waals surface area contributed by atoms with Crippen LogP contribution in [0.3, 0.4) is 0 Å². The van der Waals surface area contributed by atoms with Crippen molar-refractivity contribution >= 4 is 56.8 Å². The number of likely N-dealkylation sites (N-methyl/N-ethyl adjacent to an activating group) is 2. The van der Waals surface area contributed by atoms with Gasteiger partial charge in [0.15, 0.2) is 17.2 Å². The van der Waals surface area contributed by atoms with Crippen LogP contribution in [0.25, 0.3) is 9.69 Å². The van der Waals surface area contributed by atoms with Gasteiger partial charge in [0.25, 0.3) is 0 Å². The number of nitrogens with zero attached hydrogens (tertiary/aromatic N) is 5. The number of nitrogens with one attached hydrogen (secondary N) is 1. The topological polar surface area (TPSA) is 108 Å². The fourth-order valence-corrected chi connectivity index (χ4v) is 5.18. The smallest absolute Gasteiger partial charge is 0.407 e. The van der Waals surface area contributed by atoms with E-state index in [9.17, 15) is 32.3 Å². The maximum absolute atomic E-state index is 13.0. The van der Waals surface area contributed by atoms with Crippen LogP contribution in [0.15, 0.2) is 71.2 Å². The van der Waals surface area contributed by atoms with E-state index in [2.05, 4.69) is 30.9 Å². The zero-order chi connectivity index (χ0) is 36.5. The molecule has 3 aromatic carbocycles. The van der Waals surface area contributed by atoms with Gasteiger partial charge in [-0.3, -0.25) is 9.69 Å². The fraction of sp³-hybridized carbons (Fsp3) is 0.294. The molecule has 0 bridgehead atoms. The first-order valence-corrected chi connectivity index (χ1v) is 15.4. The molecule has 0 aliphatic carbocycles. The Labute approximate surface area is 290 Å². The van der Waals surface area contributed by atoms with Gasteiger partial charge in [0.2, 0.25) is 0 Å². The lowest BCUT2D eigenvalue weighted by Crippen LogP contribution is -2.38. The molecule has 15 heteroatoms. The van der Waals surface area contributed by atoms with Crippen molar-refractivity contribution < 1.29 is 37.1 Å². The van der Waals surface area contributed by atoms with Gasteiger partial charge >= 0.3 is 24.2 Å². The number of amides is 4. The fourth-order valence-electron chi connectivity index (χ4n) is 4.70. The number of rotatable bonds is 5. The van der Waals surface area contributed by atoms with Crippen LogP contribution in [0.2, 0.25) is 0 Å². The number of hydrogen-bond donors (Lipinski definition) is 1. The minimum atomic E-state index is -4.71. The lowest BCUT2D eigenvalue weighted by molar-refractivity contribution is -0.146. The number of ether oxygens (including phenoxy) is 1. The zero-order valence-corrected chi connectivity index (χ0v) is 28.5. The van der Waals surface area contributed by atoms with E-state index in [4.69, 9.17) is 17.9 Å². The van der Waals surface area contributed by atoms with Gasteiger partial charge in [-0.2, -0.15) is 13.2 Å². The van der Waals surface area contributed by atoms with E-state index in [0.29, 0.717) is 6.54 Å². The molecule has 0 unspecified atom stereocenters. The standard InChI is InChI=1S/C14H12F3N3O2.C12H14N2O3.C8H6BrN/c1-8(21)12-7-19(3)13(22)20(12)9-4-5-11(18-2)10(6-9)14(15,16)17;1-14-7-10(13-12(14)16)11(15)17-8-9-5-3-2-4-6-9;1-6-5-7(9)3-4-8(6)10-2/h4-6,12H,7H2,1,3H3;2-6,10H,7-8H2,1H3,(H,13,16);3-5H,1H3/t12-;10-;/m11./s1. The summed E-state index contributed by atoms with van der Waals surface area (Å²) in [6, 6.07) is 15.9. The summed E-state index contributed by atoms with van der Waals surface area (Å²) < 4.78 is 45.2. The lowest BCUT2D eigenvalue weighted by Gasteiger charge is -2.22. The second-order valence-corrected chi connectivity index (χ2v) is 11.9. The summed E-state index contributed by atoms with van der Waals surface area (Å²) in [6.07, 6.45) is -4.71. The van der Waals surface area contributed by atoms with E-state index in [0.717, 1.165) is 38.3 Å². The number of carbonyl (C=O) groups is 4. The van der Waals surface area contributed by atoms with Gasteiger partial charge in [-0.1, -0.05) is 70.5 Å². The molecule has 3 aromatic rings. The highest BCUT2D eigenvalue weighted by atomic mass is 79.9. The summed E-state index contributed by atoms with van der Waals surface area (Å²) >= 11 is 3.32. The van der Waals surface area contributed by atoms with Crippen LogP contribution >= 0.6 is 15.9 Å². The molecule has 0 radical (unpaired) electrons. The highest BCUT2D eigenvalue weighted by molar-refractivity contribution is 9.10. The molecule has 2 saturated heterocycles. The summed E-state index contributed by atoms with van der Waals surface area (Å²) in [5.74, 6) is -0.716. The Morgan fingerprint density at radius 1 is 0.959 bits per heavy atom. The Morgan fingerprint density at radius 2 is 1.59 bits per heavy atom. The van der Waals surface area contributed by atoms with Crippen LogP contribution in [0.5, 0.6) is 0 Å². The van der Waals surface area contributed by atoms with Gasteiger partial charge in [-0.05, 0) is 37.1 Å². The number of urea groups is 2. The average molecular weight is 742 g/mol. The van der Waals surface area contributed by atoms with E-state index < -0.39 is 41.5 Å². The highest BCUT2D eigenvalue weighted by Crippen LogP contribution is 2.39. The van der Waals surface area contributed by atoms with Crippen LogP contribution in [0.1, 0.15) is 23.6 Å². The van der Waals surface area contributed by atoms with Crippen molar-refractivity contribution in [2.45, 2.75) is 38.7 Å². The number of halogens is 4. The number of aryl methyl sites for hydroxylation is 1. The Balaban J connectivity index is 0.000000213. The van der Waals surface area contributed by atoms with E-state index in [1.807, 2.05) is 55.5 Å². The van der Waals surface area contributed by atoms with Crippen LogP contribution < -0.4 is 10.2 Å². The predicted octanol–water partition coefficient (Wildman–Crippen LogP) is 7.15. The largest absolute Gasteiger partial charge is 0.459 e. The summed E-state index contributed by atoms with van der Waals surface area (Å²) in [5.41, 5.74) is 0.959. The van der Waals surface area contributed by atoms with Crippen molar-refractivity contribution in [1.82, 2.24) is 15.1 Å². The molecule has 11 nitrogen and oxygen atoms in total. The van der Waals surface area contributed by atoms with Gasteiger partial charge in [0, 0.05) is 24.3 Å². The van der Waals surface area contributed by atoms with Crippen molar-refractivity contribution in [2.24, 2.45) is 0 Å². The van der Waals surface area contributed by atoms with Crippen LogP contribution in [0, 0.1) is 20.1 Å². The molecule has 49 heavy (non-hydrogen) atoms. The van der Waals surface area contributed by atoms with Crippen molar-refractivity contribution in [2.75, 3.05) is 32.1 Å². The van der Waals surface area contributed by atoms with Gasteiger partial charge < -0.3 is 19.9 Å². The monoisotopic (exact) mass is 740 g/mol. The molecule has 4 amide bonds. The van der Waals surface area contributed by atoms with Gasteiger partial charge in [0.05, 0.1) is 31.8 Å². The number of hydrogen-bond acceptors (Lipinski definition) is 5. The number of anilines is 1. The number of esters is 1. The van der Waals surface area contributed by atoms with E-state index in [1.54, 1.807) is 7.05 Å². The first-order valence-electron chi connectivity index (χ1n) is 14.6. The Kier molecular flexibility index (Phi) is 12.9. The summed E-state index contributed by atoms with van der Waals surface area (Å²) in [6.45, 7) is 17.5. The molecular weight excluding hydrogens is 709 g/mol. The third-order valence-corrected chi connectivity index (χ3v) is 7.83. The second-order valence-electron chi connectivity index (χ2n) is 11.0. The zero-order valence-electron chi connectivity index (χ0n) is 26.9. The third-order valence-electron chi connectivity index (χ3n) is 7.33. The first-order chi connectivity index (χ1) is 23.1. The Bertz CT molecular complexity index is 1790. The molecule has 2 aliphatic heterocycles. The lowest BCUT2D eigenvalue weighted by atomic mass is 10.1. The minimum absolute atomic E-state index is 0.0470. The van der Waals surface area contributed by atoms with Crippen molar-refractivity contribution in [1.29, 1.82) is 0 Å². The molecule has 2 heterocycles. The second kappa shape index (κ2) is 16.6. The molecule has 2 fully saturated rings. The summed E-state index contributed by atoms with van der Waals surface area (Å²) in [4.78, 5) is 56.5. The molecule has 2 atom stereocenters. The number of Topliss-reactive ketones (excluding diaryl/α,β-unsaturated/α-hetero) is 1. The minimum Gasteiger partial charge on any atom is -0.459 e. The molecule has 0 aromatic heterocycles. The summed E-state index contributed by atoms with van der Waals surface area (Å²) in [5, 5.41) is 2.55. The van der Waals surface area contributed by atoms with Crippen molar-refractivity contribution in [3.8, 4) is 0 Å². The maximum Gasteiger partial charge on any atom is 0.407 e. The van der Waals surface area contributed by atoms with Crippen molar-refractivity contribution in [3.63, 3.8) is 0 Å². The van der Waals surface area contributed by atoms with Crippen molar-refractivity contribution in [3.05, 3.63) is 111 Å². The molecule has 2 aliphatic rings. The molecule has 0 spiro atoms. The molecule has 1 N–H and O–H groups in total. The third kappa shape index (κ3) is 10.0. The van der Waals surface area contributed by atoms with Gasteiger partial charge in [-0.25, -0.2) is 24.1 Å². The highest BCUT2D eigenvalue weighted by Gasteiger charge is 2.41. The van der Waals surface area contributed by atoms with Gasteiger partial charge in [0.1, 0.15) is 18.7 Å². The normalized spacial score (nSPS) is 16.7. The van der Waals surface area contributed by atoms with Crippen LogP contribution in [-0.2, 0) is 27.1 Å². The molecular formula is C34H32BrF3N6O5. The first kappa shape index (κ1) is 38.0. The molecule has 0 saturated carbocycles. The average Bonchev–Trinajstić information content (AvgIpc) is 3.56. The maximum atomic E-state index is 13.0. The SMILES string of the molecule is CN1C[C@H](C(=O)OCc2ccccc2)NC1=O.[C-]#[N+]c1ccc(Br)cc1C.[C-]#[N+]c1ccc(N2C(=O)N(C)C[C@@H]2C(C)=O)cc1C(F)(F)F. The Hall–Kier alpha value is -5.41. The molecule has 256 valence electrons. The predicted molar refractivity (Wildman–Crippen MR) is 179 cm³/mol. The summed E-state index contributed by atoms with van der Waals surface area (Å²) in [7, 11) is 3.11. The number of carbonyl (C=O) groups excluding carboxylic acids is 4. The Morgan fingerprint density at radius 3 is 2.12 bits per heavy atom. The number of benzene rings is 3. The van der Waals surface area contributed by atoms with E-state index >= 15 is 0 Å². The molecule has 5 rings (SSSR count). The van der Waals surface area contributed by atoms with Gasteiger partial charge in [-0.15, -0.1) is 0 Å².